The van der Waals surface area contributed by atoms with Crippen LogP contribution in [0.2, 0.25) is 0 Å². The third-order valence-electron chi connectivity index (χ3n) is 8.90. The van der Waals surface area contributed by atoms with Crippen LogP contribution in [0.5, 0.6) is 23.0 Å². The van der Waals surface area contributed by atoms with Crippen LogP contribution in [-0.4, -0.2) is 38.0 Å². The molecular formula is C44H30O6S4+2. The van der Waals surface area contributed by atoms with Gasteiger partial charge in [-0.05, 0) is 84.9 Å². The molecule has 0 aliphatic heterocycles. The summed E-state index contributed by atoms with van der Waals surface area (Å²) in [5.41, 5.74) is 3.38. The van der Waals surface area contributed by atoms with E-state index in [0.29, 0.717) is 22.6 Å². The molecule has 2 heterocycles. The minimum atomic E-state index is -0.316. The predicted octanol–water partition coefficient (Wildman–Crippen LogP) is 11.8. The van der Waals surface area contributed by atoms with Crippen molar-refractivity contribution in [2.75, 3.05) is 26.4 Å². The van der Waals surface area contributed by atoms with Crippen LogP contribution in [0.25, 0.3) is 38.3 Å². The van der Waals surface area contributed by atoms with Crippen LogP contribution < -0.4 is 18.9 Å². The molecule has 54 heavy (non-hydrogen) atoms. The van der Waals surface area contributed by atoms with E-state index in [9.17, 15) is 9.59 Å². The summed E-state index contributed by atoms with van der Waals surface area (Å²) in [4.78, 5) is 27.7. The normalized spacial score (nSPS) is 12.1. The Kier molecular flexibility index (Phi) is 9.57. The third-order valence-corrected chi connectivity index (χ3v) is 14.2. The molecule has 1 aliphatic rings. The molecule has 0 fully saturated rings. The molecule has 0 saturated carbocycles. The second-order valence-corrected chi connectivity index (χ2v) is 17.1. The summed E-state index contributed by atoms with van der Waals surface area (Å²) >= 11 is 7.12. The fourth-order valence-corrected chi connectivity index (χ4v) is 11.3. The van der Waals surface area contributed by atoms with Gasteiger partial charge in [0.15, 0.2) is 24.6 Å². The molecule has 0 radical (unpaired) electrons. The molecule has 1 aliphatic carbocycles. The van der Waals surface area contributed by atoms with Crippen LogP contribution in [0.3, 0.4) is 0 Å². The van der Waals surface area contributed by atoms with Crippen molar-refractivity contribution in [1.82, 2.24) is 0 Å². The van der Waals surface area contributed by atoms with Crippen molar-refractivity contribution in [1.29, 1.82) is 0 Å². The van der Waals surface area contributed by atoms with E-state index in [1.807, 2.05) is 24.3 Å². The fraction of sp³-hybridized carbons (Fsp3) is 0.0909. The van der Waals surface area contributed by atoms with E-state index in [4.69, 9.17) is 18.9 Å². The molecule has 0 unspecified atom stereocenters. The summed E-state index contributed by atoms with van der Waals surface area (Å²) in [6.45, 7) is 0.893. The molecule has 2 aromatic heterocycles. The number of hydrogen-bond acceptors (Lipinski definition) is 8. The molecular weight excluding hydrogens is 753 g/mol. The molecule has 0 amide bonds. The number of fused-ring (bicyclic) bond motifs is 4. The van der Waals surface area contributed by atoms with Gasteiger partial charge in [0.2, 0.25) is 5.78 Å². The van der Waals surface area contributed by atoms with Gasteiger partial charge in [-0.25, -0.2) is 0 Å². The first-order chi connectivity index (χ1) is 26.6. The summed E-state index contributed by atoms with van der Waals surface area (Å²) in [7, 11) is 0. The average molecular weight is 783 g/mol. The highest BCUT2D eigenvalue weighted by molar-refractivity contribution is 7.43. The maximum Gasteiger partial charge on any atom is 0.286 e. The Bertz CT molecular complexity index is 2410. The average Bonchev–Trinajstić information content (AvgIpc) is 3.86. The van der Waals surface area contributed by atoms with E-state index in [0.717, 1.165) is 22.6 Å². The monoisotopic (exact) mass is 782 g/mol. The van der Waals surface area contributed by atoms with Gasteiger partial charge in [0, 0.05) is 22.3 Å². The zero-order chi connectivity index (χ0) is 36.4. The van der Waals surface area contributed by atoms with Gasteiger partial charge < -0.3 is 18.9 Å². The van der Waals surface area contributed by atoms with Gasteiger partial charge in [-0.15, -0.1) is 0 Å². The summed E-state index contributed by atoms with van der Waals surface area (Å²) in [5, 5.41) is 0. The molecule has 0 spiro atoms. The SMILES string of the molecule is O=C1c2cccc(OCCOc3ccc(-c4sc5ccccc5[s+]4)cc3)c2C(=O)c2c(OCCOc3ccc(-c4sc5ccccc5[s+]4)cc3)cccc21. The highest BCUT2D eigenvalue weighted by atomic mass is 32.2. The van der Waals surface area contributed by atoms with E-state index in [1.165, 1.54) is 27.2 Å². The lowest BCUT2D eigenvalue weighted by molar-refractivity contribution is 0.0970. The molecule has 10 heteroatoms. The number of ketones is 2. The standard InChI is InChI=1S/C44H30O6S4/c45-41-31-7-5-9-33(49-25-23-47-29-19-15-27(16-20-29)43-51-35-11-1-2-12-36(35)52-43)39(31)42(46)40-32(41)8-6-10-34(40)50-26-24-48-30-21-17-28(18-22-30)44-53-37-13-3-4-14-38(37)54-44/h1-22H,23-26H2/q+2. The quantitative estimate of drug-likeness (QED) is 0.0908. The van der Waals surface area contributed by atoms with Crippen LogP contribution in [-0.2, 0) is 0 Å². The largest absolute Gasteiger partial charge is 0.490 e. The van der Waals surface area contributed by atoms with Crippen LogP contribution in [0, 0.1) is 0 Å². The Hall–Kier alpha value is -5.52. The number of rotatable bonds is 12. The summed E-state index contributed by atoms with van der Waals surface area (Å²) in [5.74, 6) is 1.54. The fourth-order valence-electron chi connectivity index (χ4n) is 6.33. The Morgan fingerprint density at radius 3 is 1.30 bits per heavy atom. The second kappa shape index (κ2) is 15.1. The lowest BCUT2D eigenvalue weighted by Crippen LogP contribution is -2.24. The van der Waals surface area contributed by atoms with Crippen molar-refractivity contribution in [3.05, 3.63) is 156 Å². The minimum Gasteiger partial charge on any atom is -0.490 e. The Balaban J connectivity index is 0.818. The highest BCUT2D eigenvalue weighted by Gasteiger charge is 2.35. The van der Waals surface area contributed by atoms with Crippen LogP contribution in [0.4, 0.5) is 0 Å². The Morgan fingerprint density at radius 2 is 0.852 bits per heavy atom. The van der Waals surface area contributed by atoms with Crippen LogP contribution in [0.1, 0.15) is 31.8 Å². The smallest absolute Gasteiger partial charge is 0.286 e. The number of hydrogen-bond donors (Lipinski definition) is 0. The first kappa shape index (κ1) is 34.3. The number of carbonyl (C=O) groups is 2. The van der Waals surface area contributed by atoms with Gasteiger partial charge in [0.25, 0.3) is 8.38 Å². The number of benzene rings is 6. The van der Waals surface area contributed by atoms with Crippen molar-refractivity contribution in [3.63, 3.8) is 0 Å². The van der Waals surface area contributed by atoms with Crippen LogP contribution >= 0.6 is 45.3 Å². The van der Waals surface area contributed by atoms with E-state index in [-0.39, 0.29) is 49.1 Å². The van der Waals surface area contributed by atoms with E-state index >= 15 is 0 Å². The minimum absolute atomic E-state index is 0.187. The lowest BCUT2D eigenvalue weighted by Gasteiger charge is -2.22. The Labute approximate surface area is 327 Å². The highest BCUT2D eigenvalue weighted by Crippen LogP contribution is 2.41. The molecule has 0 bridgehead atoms. The molecule has 8 aromatic rings. The van der Waals surface area contributed by atoms with Gasteiger partial charge in [0.05, 0.1) is 56.5 Å². The second-order valence-electron chi connectivity index (χ2n) is 12.3. The molecule has 9 rings (SSSR count). The van der Waals surface area contributed by atoms with Crippen molar-refractivity contribution >= 4 is 75.7 Å². The summed E-state index contributed by atoms with van der Waals surface area (Å²) in [6.07, 6.45) is 0. The van der Waals surface area contributed by atoms with Crippen LogP contribution in [0.15, 0.2) is 133 Å². The zero-order valence-electron chi connectivity index (χ0n) is 28.6. The number of ether oxygens (including phenoxy) is 4. The molecule has 6 aromatic carbocycles. The first-order valence-electron chi connectivity index (χ1n) is 17.3. The van der Waals surface area contributed by atoms with Gasteiger partial charge >= 0.3 is 0 Å². The van der Waals surface area contributed by atoms with Crippen molar-refractivity contribution in [2.45, 2.75) is 0 Å². The molecule has 264 valence electrons. The summed E-state index contributed by atoms with van der Waals surface area (Å²) < 4.78 is 31.7. The first-order valence-corrected chi connectivity index (χ1v) is 20.6. The molecule has 0 N–H and O–H groups in total. The third kappa shape index (κ3) is 6.85. The van der Waals surface area contributed by atoms with E-state index < -0.39 is 0 Å². The maximum atomic E-state index is 14.0. The molecule has 0 atom stereocenters. The van der Waals surface area contributed by atoms with Gasteiger partial charge in [0.1, 0.15) is 49.4 Å². The van der Waals surface area contributed by atoms with Crippen molar-refractivity contribution in [2.24, 2.45) is 0 Å². The molecule has 6 nitrogen and oxygen atoms in total. The topological polar surface area (TPSA) is 71.1 Å². The molecule has 0 saturated heterocycles. The van der Waals surface area contributed by atoms with Gasteiger partial charge in [-0.2, -0.15) is 0 Å². The summed E-state index contributed by atoms with van der Waals surface area (Å²) in [6, 6.07) is 43.0. The number of carbonyl (C=O) groups excluding carboxylic acids is 2. The van der Waals surface area contributed by atoms with E-state index in [2.05, 4.69) is 72.8 Å². The van der Waals surface area contributed by atoms with Gasteiger partial charge in [-0.1, -0.05) is 48.5 Å². The Morgan fingerprint density at radius 1 is 0.426 bits per heavy atom. The lowest BCUT2D eigenvalue weighted by atomic mass is 9.83. The van der Waals surface area contributed by atoms with E-state index in [1.54, 1.807) is 81.7 Å². The van der Waals surface area contributed by atoms with Crippen molar-refractivity contribution < 1.29 is 28.5 Å². The van der Waals surface area contributed by atoms with Gasteiger partial charge in [-0.3, -0.25) is 9.59 Å². The van der Waals surface area contributed by atoms with Crippen molar-refractivity contribution in [3.8, 4) is 42.5 Å². The zero-order valence-corrected chi connectivity index (χ0v) is 31.9. The predicted molar refractivity (Wildman–Crippen MR) is 221 cm³/mol. The maximum absolute atomic E-state index is 14.0.